The summed E-state index contributed by atoms with van der Waals surface area (Å²) in [5.74, 6) is 3.55. The zero-order valence-corrected chi connectivity index (χ0v) is 32.0. The maximum absolute atomic E-state index is 6.60. The molecule has 0 saturated carbocycles. The van der Waals surface area contributed by atoms with E-state index in [1.807, 2.05) is 30.6 Å². The number of hydrogen-bond acceptors (Lipinski definition) is 5. The molecule has 2 aromatic heterocycles. The Labute approximate surface area is 337 Å². The lowest BCUT2D eigenvalue weighted by atomic mass is 9.66. The van der Waals surface area contributed by atoms with Gasteiger partial charge in [0.1, 0.15) is 11.5 Å². The van der Waals surface area contributed by atoms with Gasteiger partial charge in [-0.1, -0.05) is 146 Å². The van der Waals surface area contributed by atoms with Gasteiger partial charge in [0.25, 0.3) is 0 Å². The standard InChI is InChI=1S/C53H36N4O/c1-33-31-54-32-34(2)48(33)37-18-13-20-39(30-37)51-55-50(38-19-12-17-36(29-38)35-15-4-3-5-16-35)56-52(57-51)41-22-14-26-45-49(41)40-21-6-7-23-42(40)53(45)43-24-8-10-27-46(43)58-47-28-11-9-25-44(47)53/h3-32H,1-2H3. The summed E-state index contributed by atoms with van der Waals surface area (Å²) in [6.45, 7) is 4.22. The van der Waals surface area contributed by atoms with Gasteiger partial charge in [-0.2, -0.15) is 0 Å². The molecule has 5 nitrogen and oxygen atoms in total. The predicted octanol–water partition coefficient (Wildman–Crippen LogP) is 12.7. The number of hydrogen-bond donors (Lipinski definition) is 0. The molecule has 0 amide bonds. The molecule has 0 fully saturated rings. The molecule has 1 aliphatic carbocycles. The Hall–Kier alpha value is -7.50. The normalized spacial score (nSPS) is 12.9. The molecule has 1 spiro atoms. The fourth-order valence-corrected chi connectivity index (χ4v) is 9.28. The zero-order chi connectivity index (χ0) is 38.8. The maximum atomic E-state index is 6.60. The summed E-state index contributed by atoms with van der Waals surface area (Å²) >= 11 is 0. The molecule has 58 heavy (non-hydrogen) atoms. The first-order valence-electron chi connectivity index (χ1n) is 19.6. The number of nitrogens with zero attached hydrogens (tertiary/aromatic N) is 4. The predicted molar refractivity (Wildman–Crippen MR) is 232 cm³/mol. The van der Waals surface area contributed by atoms with Crippen LogP contribution in [0.5, 0.6) is 11.5 Å². The van der Waals surface area contributed by atoms with E-state index < -0.39 is 5.41 Å². The molecule has 2 aliphatic rings. The summed E-state index contributed by atoms with van der Waals surface area (Å²) in [6.07, 6.45) is 3.84. The number of fused-ring (bicyclic) bond motifs is 9. The van der Waals surface area contributed by atoms with Crippen molar-refractivity contribution in [1.82, 2.24) is 19.9 Å². The van der Waals surface area contributed by atoms with Gasteiger partial charge in [-0.05, 0) is 93.7 Å². The molecule has 0 bridgehead atoms. The van der Waals surface area contributed by atoms with E-state index in [4.69, 9.17) is 19.7 Å². The molecular formula is C53H36N4O. The smallest absolute Gasteiger partial charge is 0.164 e. The Morgan fingerprint density at radius 2 is 0.862 bits per heavy atom. The molecule has 0 radical (unpaired) electrons. The largest absolute Gasteiger partial charge is 0.457 e. The van der Waals surface area contributed by atoms with E-state index in [1.54, 1.807) is 0 Å². The van der Waals surface area contributed by atoms with Gasteiger partial charge in [0, 0.05) is 40.2 Å². The van der Waals surface area contributed by atoms with Crippen LogP contribution in [0.1, 0.15) is 33.4 Å². The SMILES string of the molecule is Cc1cncc(C)c1-c1cccc(-c2nc(-c3cccc(-c4ccccc4)c3)nc(-c3cccc4c3-c3ccccc3C43c4ccccc4Oc4ccccc43)n2)c1. The first-order valence-corrected chi connectivity index (χ1v) is 19.6. The number of aromatic nitrogens is 4. The average molecular weight is 745 g/mol. The van der Waals surface area contributed by atoms with Crippen LogP contribution in [-0.4, -0.2) is 19.9 Å². The minimum Gasteiger partial charge on any atom is -0.457 e. The van der Waals surface area contributed by atoms with Crippen molar-refractivity contribution in [1.29, 1.82) is 0 Å². The first kappa shape index (κ1) is 33.8. The molecule has 7 aromatic carbocycles. The molecule has 11 rings (SSSR count). The Morgan fingerprint density at radius 3 is 1.55 bits per heavy atom. The van der Waals surface area contributed by atoms with E-state index in [2.05, 4.69) is 170 Å². The molecule has 0 N–H and O–H groups in total. The summed E-state index contributed by atoms with van der Waals surface area (Å²) in [7, 11) is 0. The summed E-state index contributed by atoms with van der Waals surface area (Å²) in [5.41, 5.74) is 15.8. The number of pyridine rings is 1. The van der Waals surface area contributed by atoms with Crippen molar-refractivity contribution in [3.63, 3.8) is 0 Å². The van der Waals surface area contributed by atoms with Crippen LogP contribution in [0, 0.1) is 13.8 Å². The zero-order valence-electron chi connectivity index (χ0n) is 32.0. The Bertz CT molecular complexity index is 3010. The molecule has 9 aromatic rings. The van der Waals surface area contributed by atoms with Crippen LogP contribution in [0.2, 0.25) is 0 Å². The molecule has 1 aliphatic heterocycles. The van der Waals surface area contributed by atoms with Crippen LogP contribution >= 0.6 is 0 Å². The Morgan fingerprint density at radius 1 is 0.379 bits per heavy atom. The van der Waals surface area contributed by atoms with Gasteiger partial charge in [-0.25, -0.2) is 15.0 Å². The molecule has 0 atom stereocenters. The van der Waals surface area contributed by atoms with Crippen molar-refractivity contribution in [3.8, 4) is 79.0 Å². The Balaban J connectivity index is 1.17. The van der Waals surface area contributed by atoms with Crippen molar-refractivity contribution >= 4 is 0 Å². The highest BCUT2D eigenvalue weighted by atomic mass is 16.5. The third kappa shape index (κ3) is 5.17. The van der Waals surface area contributed by atoms with Crippen molar-refractivity contribution in [3.05, 3.63) is 216 Å². The summed E-state index contributed by atoms with van der Waals surface area (Å²) < 4.78 is 6.60. The lowest BCUT2D eigenvalue weighted by Gasteiger charge is -2.39. The van der Waals surface area contributed by atoms with Gasteiger partial charge in [0.05, 0.1) is 5.41 Å². The van der Waals surface area contributed by atoms with Gasteiger partial charge >= 0.3 is 0 Å². The monoisotopic (exact) mass is 744 g/mol. The van der Waals surface area contributed by atoms with E-state index in [0.717, 1.165) is 78.3 Å². The average Bonchev–Trinajstić information content (AvgIpc) is 3.57. The van der Waals surface area contributed by atoms with E-state index in [1.165, 1.54) is 16.7 Å². The number of aryl methyl sites for hydroxylation is 2. The van der Waals surface area contributed by atoms with Crippen molar-refractivity contribution in [2.24, 2.45) is 0 Å². The minimum absolute atomic E-state index is 0.606. The van der Waals surface area contributed by atoms with Crippen molar-refractivity contribution in [2.45, 2.75) is 19.3 Å². The molecular weight excluding hydrogens is 709 g/mol. The van der Waals surface area contributed by atoms with Crippen LogP contribution in [-0.2, 0) is 5.41 Å². The lowest BCUT2D eigenvalue weighted by molar-refractivity contribution is 0.436. The maximum Gasteiger partial charge on any atom is 0.164 e. The van der Waals surface area contributed by atoms with Crippen molar-refractivity contribution < 1.29 is 4.74 Å². The van der Waals surface area contributed by atoms with E-state index in [-0.39, 0.29) is 0 Å². The van der Waals surface area contributed by atoms with Crippen LogP contribution in [0.25, 0.3) is 67.5 Å². The summed E-state index contributed by atoms with van der Waals surface area (Å²) in [4.78, 5) is 20.4. The second-order valence-electron chi connectivity index (χ2n) is 15.1. The van der Waals surface area contributed by atoms with Crippen LogP contribution < -0.4 is 4.74 Å². The van der Waals surface area contributed by atoms with E-state index >= 15 is 0 Å². The highest BCUT2D eigenvalue weighted by molar-refractivity contribution is 5.95. The van der Waals surface area contributed by atoms with Gasteiger partial charge < -0.3 is 4.74 Å². The van der Waals surface area contributed by atoms with Gasteiger partial charge in [-0.15, -0.1) is 0 Å². The van der Waals surface area contributed by atoms with Gasteiger partial charge in [-0.3, -0.25) is 4.98 Å². The molecule has 3 heterocycles. The highest BCUT2D eigenvalue weighted by Crippen LogP contribution is 2.63. The van der Waals surface area contributed by atoms with Crippen LogP contribution in [0.3, 0.4) is 0 Å². The van der Waals surface area contributed by atoms with Gasteiger partial charge in [0.15, 0.2) is 17.5 Å². The topological polar surface area (TPSA) is 60.8 Å². The second-order valence-corrected chi connectivity index (χ2v) is 15.1. The first-order chi connectivity index (χ1) is 28.6. The van der Waals surface area contributed by atoms with Crippen molar-refractivity contribution in [2.75, 3.05) is 0 Å². The molecule has 0 unspecified atom stereocenters. The third-order valence-electron chi connectivity index (χ3n) is 11.7. The number of ether oxygens (including phenoxy) is 1. The molecule has 0 saturated heterocycles. The summed E-state index contributed by atoms with van der Waals surface area (Å²) in [6, 6.07) is 59.7. The van der Waals surface area contributed by atoms with Crippen LogP contribution in [0.15, 0.2) is 182 Å². The minimum atomic E-state index is -0.606. The fourth-order valence-electron chi connectivity index (χ4n) is 9.28. The quantitative estimate of drug-likeness (QED) is 0.176. The molecule has 5 heteroatoms. The second kappa shape index (κ2) is 13.3. The highest BCUT2D eigenvalue weighted by Gasteiger charge is 2.51. The Kier molecular flexibility index (Phi) is 7.76. The van der Waals surface area contributed by atoms with E-state index in [9.17, 15) is 0 Å². The lowest BCUT2D eigenvalue weighted by Crippen LogP contribution is -2.32. The van der Waals surface area contributed by atoms with E-state index in [0.29, 0.717) is 17.5 Å². The number of rotatable bonds is 5. The number of benzene rings is 7. The summed E-state index contributed by atoms with van der Waals surface area (Å²) in [5, 5.41) is 0. The fraction of sp³-hybridized carbons (Fsp3) is 0.0566. The van der Waals surface area contributed by atoms with Gasteiger partial charge in [0.2, 0.25) is 0 Å². The number of para-hydroxylation sites is 2. The third-order valence-corrected chi connectivity index (χ3v) is 11.7. The van der Waals surface area contributed by atoms with Crippen LogP contribution in [0.4, 0.5) is 0 Å². The molecule has 274 valence electrons.